The Hall–Kier alpha value is -3.61. The molecule has 1 amide bonds. The van der Waals surface area contributed by atoms with E-state index in [-0.39, 0.29) is 21.7 Å². The molecule has 0 bridgehead atoms. The van der Waals surface area contributed by atoms with Crippen molar-refractivity contribution in [3.8, 4) is 11.6 Å². The van der Waals surface area contributed by atoms with Crippen molar-refractivity contribution in [2.45, 2.75) is 31.8 Å². The summed E-state index contributed by atoms with van der Waals surface area (Å²) in [5.41, 5.74) is -2.94. The van der Waals surface area contributed by atoms with Crippen LogP contribution in [0, 0.1) is 32.4 Å². The van der Waals surface area contributed by atoms with Gasteiger partial charge in [0.1, 0.15) is 5.56 Å². The predicted molar refractivity (Wildman–Crippen MR) is 115 cm³/mol. The summed E-state index contributed by atoms with van der Waals surface area (Å²) in [6.45, 7) is 3.61. The molecular formula is C22H18F5N3O4S. The molecule has 1 N–H and O–H groups in total. The van der Waals surface area contributed by atoms with Crippen LogP contribution in [-0.4, -0.2) is 30.8 Å². The van der Waals surface area contributed by atoms with E-state index in [1.165, 1.54) is 38.1 Å². The van der Waals surface area contributed by atoms with E-state index in [2.05, 4.69) is 15.5 Å². The molecular weight excluding hydrogens is 497 g/mol. The van der Waals surface area contributed by atoms with Crippen molar-refractivity contribution in [1.82, 2.24) is 10.2 Å². The van der Waals surface area contributed by atoms with Gasteiger partial charge in [-0.05, 0) is 61.7 Å². The highest BCUT2D eigenvalue weighted by Crippen LogP contribution is 2.37. The smallest absolute Gasteiger partial charge is 0.433 e. The fourth-order valence-corrected chi connectivity index (χ4v) is 3.89. The average molecular weight is 515 g/mol. The molecule has 0 spiro atoms. The zero-order valence-electron chi connectivity index (χ0n) is 18.7. The molecule has 1 heterocycles. The standard InChI is InChI=1S/C22H18F5N3O4S/c1-10-8-11(2)18(17(24)16(10)23)34-21-15(12(3)19(29-30-21)22(25,26)27)20(31)28-13-6-5-7-14(9-13)35(4,32)33/h5-9H,1-4H3,(H,28,31). The predicted octanol–water partition coefficient (Wildman–Crippen LogP) is 5.15. The molecule has 0 radical (unpaired) electrons. The quantitative estimate of drug-likeness (QED) is 0.472. The van der Waals surface area contributed by atoms with E-state index in [1.807, 2.05) is 0 Å². The molecule has 0 aliphatic heterocycles. The summed E-state index contributed by atoms with van der Waals surface area (Å²) in [6.07, 6.45) is -4.05. The zero-order valence-corrected chi connectivity index (χ0v) is 19.5. The van der Waals surface area contributed by atoms with Gasteiger partial charge in [0, 0.05) is 11.9 Å². The number of halogens is 5. The Bertz CT molecular complexity index is 1440. The normalized spacial score (nSPS) is 11.9. The van der Waals surface area contributed by atoms with Crippen LogP contribution < -0.4 is 10.1 Å². The van der Waals surface area contributed by atoms with E-state index in [4.69, 9.17) is 4.74 Å². The minimum absolute atomic E-state index is 0.0363. The number of aryl methyl sites for hydroxylation is 2. The van der Waals surface area contributed by atoms with Gasteiger partial charge in [-0.3, -0.25) is 4.79 Å². The zero-order chi connectivity index (χ0) is 26.3. The van der Waals surface area contributed by atoms with Gasteiger partial charge < -0.3 is 10.1 Å². The van der Waals surface area contributed by atoms with Crippen LogP contribution in [-0.2, 0) is 16.0 Å². The molecule has 0 saturated heterocycles. The van der Waals surface area contributed by atoms with Crippen molar-refractivity contribution in [2.75, 3.05) is 11.6 Å². The van der Waals surface area contributed by atoms with Crippen molar-refractivity contribution < 1.29 is 39.9 Å². The van der Waals surface area contributed by atoms with Crippen LogP contribution in [0.4, 0.5) is 27.6 Å². The maximum Gasteiger partial charge on any atom is 0.435 e. The van der Waals surface area contributed by atoms with Crippen LogP contribution in [0.3, 0.4) is 0 Å². The highest BCUT2D eigenvalue weighted by Gasteiger charge is 2.38. The van der Waals surface area contributed by atoms with Crippen LogP contribution in [0.25, 0.3) is 0 Å². The number of benzene rings is 2. The van der Waals surface area contributed by atoms with Crippen molar-refractivity contribution >= 4 is 21.4 Å². The molecule has 0 atom stereocenters. The third-order valence-electron chi connectivity index (χ3n) is 4.93. The molecule has 0 unspecified atom stereocenters. The Kier molecular flexibility index (Phi) is 6.84. The number of ether oxygens (including phenoxy) is 1. The van der Waals surface area contributed by atoms with Gasteiger partial charge in [0.2, 0.25) is 5.82 Å². The van der Waals surface area contributed by atoms with Crippen molar-refractivity contribution in [2.24, 2.45) is 0 Å². The van der Waals surface area contributed by atoms with Gasteiger partial charge in [0.05, 0.1) is 4.90 Å². The van der Waals surface area contributed by atoms with E-state index in [1.54, 1.807) is 0 Å². The molecule has 0 fully saturated rings. The highest BCUT2D eigenvalue weighted by atomic mass is 32.2. The van der Waals surface area contributed by atoms with E-state index in [0.29, 0.717) is 0 Å². The lowest BCUT2D eigenvalue weighted by atomic mass is 10.1. The number of alkyl halides is 3. The number of aromatic nitrogens is 2. The maximum atomic E-state index is 14.5. The van der Waals surface area contributed by atoms with E-state index >= 15 is 0 Å². The van der Waals surface area contributed by atoms with Crippen LogP contribution in [0.2, 0.25) is 0 Å². The monoisotopic (exact) mass is 515 g/mol. The summed E-state index contributed by atoms with van der Waals surface area (Å²) in [5.74, 6) is -5.33. The minimum Gasteiger partial charge on any atom is -0.433 e. The number of nitrogens with one attached hydrogen (secondary N) is 1. The Morgan fingerprint density at radius 2 is 1.66 bits per heavy atom. The van der Waals surface area contributed by atoms with Gasteiger partial charge in [-0.25, -0.2) is 12.8 Å². The Morgan fingerprint density at radius 1 is 1.00 bits per heavy atom. The largest absolute Gasteiger partial charge is 0.435 e. The van der Waals surface area contributed by atoms with Gasteiger partial charge in [-0.15, -0.1) is 10.2 Å². The van der Waals surface area contributed by atoms with Crippen molar-refractivity contribution in [3.63, 3.8) is 0 Å². The summed E-state index contributed by atoms with van der Waals surface area (Å²) >= 11 is 0. The molecule has 186 valence electrons. The molecule has 35 heavy (non-hydrogen) atoms. The summed E-state index contributed by atoms with van der Waals surface area (Å²) in [7, 11) is -3.65. The topological polar surface area (TPSA) is 98.2 Å². The number of rotatable bonds is 5. The average Bonchev–Trinajstić information content (AvgIpc) is 2.74. The molecule has 7 nitrogen and oxygen atoms in total. The molecule has 0 saturated carbocycles. The third-order valence-corrected chi connectivity index (χ3v) is 6.04. The van der Waals surface area contributed by atoms with Crippen molar-refractivity contribution in [1.29, 1.82) is 0 Å². The van der Waals surface area contributed by atoms with E-state index < -0.39 is 62.0 Å². The maximum absolute atomic E-state index is 14.5. The number of amides is 1. The number of carbonyl (C=O) groups is 1. The van der Waals surface area contributed by atoms with Gasteiger partial charge in [0.25, 0.3) is 11.8 Å². The van der Waals surface area contributed by atoms with E-state index in [0.717, 1.165) is 19.2 Å². The number of hydrogen-bond acceptors (Lipinski definition) is 6. The second-order valence-electron chi connectivity index (χ2n) is 7.68. The molecule has 0 aliphatic carbocycles. The highest BCUT2D eigenvalue weighted by molar-refractivity contribution is 7.90. The molecule has 1 aromatic heterocycles. The summed E-state index contributed by atoms with van der Waals surface area (Å²) in [5, 5.41) is 8.66. The fraction of sp³-hybridized carbons (Fsp3) is 0.227. The number of carbonyl (C=O) groups excluding carboxylic acids is 1. The molecule has 13 heteroatoms. The van der Waals surface area contributed by atoms with Crippen LogP contribution in [0.1, 0.15) is 32.7 Å². The SMILES string of the molecule is Cc1cc(C)c(Oc2nnc(C(F)(F)F)c(C)c2C(=O)Nc2cccc(S(C)(=O)=O)c2)c(F)c1F. The Morgan fingerprint density at radius 3 is 2.26 bits per heavy atom. The molecule has 2 aromatic carbocycles. The summed E-state index contributed by atoms with van der Waals surface area (Å²) in [6, 6.07) is 6.23. The van der Waals surface area contributed by atoms with E-state index in [9.17, 15) is 35.2 Å². The lowest BCUT2D eigenvalue weighted by Crippen LogP contribution is -2.21. The summed E-state index contributed by atoms with van der Waals surface area (Å²) in [4.78, 5) is 12.9. The first kappa shape index (κ1) is 26.0. The Labute approximate surface area is 196 Å². The van der Waals surface area contributed by atoms with Gasteiger partial charge in [-0.1, -0.05) is 6.07 Å². The summed E-state index contributed by atoms with van der Waals surface area (Å²) < 4.78 is 97.8. The fourth-order valence-electron chi connectivity index (χ4n) is 3.23. The molecule has 3 rings (SSSR count). The third kappa shape index (κ3) is 5.39. The Balaban J connectivity index is 2.14. The lowest BCUT2D eigenvalue weighted by molar-refractivity contribution is -0.142. The second kappa shape index (κ2) is 9.21. The van der Waals surface area contributed by atoms with Gasteiger partial charge in [-0.2, -0.15) is 17.6 Å². The second-order valence-corrected chi connectivity index (χ2v) is 9.69. The number of nitrogens with zero attached hydrogens (tertiary/aromatic N) is 2. The first-order chi connectivity index (χ1) is 16.1. The van der Waals surface area contributed by atoms with Crippen molar-refractivity contribution in [3.05, 3.63) is 69.9 Å². The van der Waals surface area contributed by atoms with Crippen LogP contribution in [0.5, 0.6) is 11.6 Å². The molecule has 3 aromatic rings. The number of hydrogen-bond donors (Lipinski definition) is 1. The van der Waals surface area contributed by atoms with Gasteiger partial charge in [0.15, 0.2) is 27.1 Å². The number of anilines is 1. The first-order valence-electron chi connectivity index (χ1n) is 9.80. The van der Waals surface area contributed by atoms with Gasteiger partial charge >= 0.3 is 6.18 Å². The van der Waals surface area contributed by atoms with Crippen LogP contribution >= 0.6 is 0 Å². The minimum atomic E-state index is -4.99. The van der Waals surface area contributed by atoms with Crippen LogP contribution in [0.15, 0.2) is 35.2 Å². The first-order valence-corrected chi connectivity index (χ1v) is 11.7. The lowest BCUT2D eigenvalue weighted by Gasteiger charge is -2.17. The molecule has 0 aliphatic rings. The number of sulfone groups is 1.